The number of carbonyl (C=O) groups is 1. The Morgan fingerprint density at radius 2 is 2.05 bits per heavy atom. The molecular weight excluding hydrogens is 256 g/mol. The summed E-state index contributed by atoms with van der Waals surface area (Å²) in [6.07, 6.45) is 0. The highest BCUT2D eigenvalue weighted by atomic mass is 16.5. The summed E-state index contributed by atoms with van der Waals surface area (Å²) in [5.41, 5.74) is 2.20. The summed E-state index contributed by atoms with van der Waals surface area (Å²) in [6, 6.07) is 7.55. The van der Waals surface area contributed by atoms with Gasteiger partial charge in [0.2, 0.25) is 0 Å². The second-order valence-electron chi connectivity index (χ2n) is 4.96. The molecule has 1 aromatic carbocycles. The van der Waals surface area contributed by atoms with E-state index < -0.39 is 5.97 Å². The van der Waals surface area contributed by atoms with E-state index in [0.717, 1.165) is 16.5 Å². The maximum Gasteiger partial charge on any atom is 0.339 e. The number of benzene rings is 1. The van der Waals surface area contributed by atoms with E-state index in [4.69, 9.17) is 4.74 Å². The van der Waals surface area contributed by atoms with Gasteiger partial charge < -0.3 is 14.7 Å². The molecule has 1 aliphatic heterocycles. The van der Waals surface area contributed by atoms with Crippen molar-refractivity contribution in [3.8, 4) is 0 Å². The summed E-state index contributed by atoms with van der Waals surface area (Å²) < 4.78 is 5.31. The van der Waals surface area contributed by atoms with E-state index >= 15 is 0 Å². The quantitative estimate of drug-likeness (QED) is 0.906. The maximum absolute atomic E-state index is 11.5. The maximum atomic E-state index is 11.5. The molecule has 0 spiro atoms. The van der Waals surface area contributed by atoms with Crippen LogP contribution in [0.4, 0.5) is 5.82 Å². The first-order valence-corrected chi connectivity index (χ1v) is 6.62. The number of pyridine rings is 1. The van der Waals surface area contributed by atoms with E-state index in [1.165, 1.54) is 0 Å². The fraction of sp³-hybridized carbons (Fsp3) is 0.333. The van der Waals surface area contributed by atoms with Gasteiger partial charge in [-0.25, -0.2) is 9.78 Å². The zero-order valence-corrected chi connectivity index (χ0v) is 11.3. The van der Waals surface area contributed by atoms with Crippen LogP contribution in [-0.2, 0) is 4.74 Å². The third-order valence-corrected chi connectivity index (χ3v) is 3.49. The van der Waals surface area contributed by atoms with Gasteiger partial charge in [-0.05, 0) is 24.6 Å². The number of rotatable bonds is 2. The minimum Gasteiger partial charge on any atom is -0.478 e. The Bertz CT molecular complexity index is 663. The first-order valence-electron chi connectivity index (χ1n) is 6.62. The molecular formula is C15H16N2O3. The van der Waals surface area contributed by atoms with Crippen molar-refractivity contribution < 1.29 is 14.6 Å². The van der Waals surface area contributed by atoms with Crippen LogP contribution in [0.3, 0.4) is 0 Å². The predicted octanol–water partition coefficient (Wildman–Crippen LogP) is 2.08. The molecule has 0 aliphatic carbocycles. The van der Waals surface area contributed by atoms with Gasteiger partial charge in [-0.1, -0.05) is 12.1 Å². The summed E-state index contributed by atoms with van der Waals surface area (Å²) in [5, 5.41) is 10.3. The van der Waals surface area contributed by atoms with E-state index in [-0.39, 0.29) is 5.56 Å². The highest BCUT2D eigenvalue weighted by Crippen LogP contribution is 2.25. The normalized spacial score (nSPS) is 15.6. The lowest BCUT2D eigenvalue weighted by atomic mass is 10.1. The molecule has 2 heterocycles. The zero-order valence-electron chi connectivity index (χ0n) is 11.3. The number of ether oxygens (including phenoxy) is 1. The second kappa shape index (κ2) is 5.09. The minimum atomic E-state index is -0.943. The summed E-state index contributed by atoms with van der Waals surface area (Å²) in [6.45, 7) is 4.55. The van der Waals surface area contributed by atoms with Gasteiger partial charge in [0.15, 0.2) is 0 Å². The third kappa shape index (κ3) is 2.32. The molecule has 1 fully saturated rings. The molecule has 1 saturated heterocycles. The number of nitrogens with zero attached hydrogens (tertiary/aromatic N) is 2. The van der Waals surface area contributed by atoms with Crippen LogP contribution < -0.4 is 4.90 Å². The number of anilines is 1. The van der Waals surface area contributed by atoms with Crippen LogP contribution in [0.1, 0.15) is 15.9 Å². The molecule has 0 amide bonds. The molecule has 5 nitrogen and oxygen atoms in total. The topological polar surface area (TPSA) is 62.7 Å². The van der Waals surface area contributed by atoms with Gasteiger partial charge in [0, 0.05) is 18.5 Å². The average molecular weight is 272 g/mol. The number of aromatic carboxylic acids is 1. The van der Waals surface area contributed by atoms with Crippen LogP contribution in [0, 0.1) is 6.92 Å². The zero-order chi connectivity index (χ0) is 14.1. The van der Waals surface area contributed by atoms with Crippen LogP contribution in [0.25, 0.3) is 10.9 Å². The van der Waals surface area contributed by atoms with Crippen molar-refractivity contribution in [3.05, 3.63) is 35.4 Å². The molecule has 0 radical (unpaired) electrons. The molecule has 0 unspecified atom stereocenters. The molecule has 3 rings (SSSR count). The summed E-state index contributed by atoms with van der Waals surface area (Å²) in [5.74, 6) is -0.402. The number of hydrogen-bond donors (Lipinski definition) is 1. The lowest BCUT2D eigenvalue weighted by Crippen LogP contribution is -2.37. The van der Waals surface area contributed by atoms with Gasteiger partial charge in [0.25, 0.3) is 0 Å². The number of hydrogen-bond acceptors (Lipinski definition) is 4. The van der Waals surface area contributed by atoms with Gasteiger partial charge in [-0.15, -0.1) is 0 Å². The second-order valence-corrected chi connectivity index (χ2v) is 4.96. The highest BCUT2D eigenvalue weighted by molar-refractivity contribution is 5.98. The van der Waals surface area contributed by atoms with E-state index in [2.05, 4.69) is 4.98 Å². The fourth-order valence-electron chi connectivity index (χ4n) is 2.44. The van der Waals surface area contributed by atoms with Crippen molar-refractivity contribution in [2.45, 2.75) is 6.92 Å². The number of aryl methyl sites for hydroxylation is 1. The lowest BCUT2D eigenvalue weighted by Gasteiger charge is -2.29. The van der Waals surface area contributed by atoms with Gasteiger partial charge in [-0.2, -0.15) is 0 Å². The van der Waals surface area contributed by atoms with Crippen LogP contribution in [0.2, 0.25) is 0 Å². The number of morpholine rings is 1. The van der Waals surface area contributed by atoms with E-state index in [1.807, 2.05) is 30.0 Å². The lowest BCUT2D eigenvalue weighted by molar-refractivity contribution is 0.0696. The Kier molecular flexibility index (Phi) is 3.28. The van der Waals surface area contributed by atoms with Crippen LogP contribution in [-0.4, -0.2) is 42.4 Å². The predicted molar refractivity (Wildman–Crippen MR) is 76.5 cm³/mol. The average Bonchev–Trinajstić information content (AvgIpc) is 2.46. The number of carboxylic acid groups (broad SMARTS) is 1. The summed E-state index contributed by atoms with van der Waals surface area (Å²) in [4.78, 5) is 18.0. The standard InChI is InChI=1S/C15H16N2O3/c1-10-2-3-11-9-12(15(18)19)14(16-13(11)8-10)17-4-6-20-7-5-17/h2-3,8-9H,4-7H2,1H3,(H,18,19). The molecule has 104 valence electrons. The van der Waals surface area contributed by atoms with Crippen molar-refractivity contribution in [3.63, 3.8) is 0 Å². The SMILES string of the molecule is Cc1ccc2cc(C(=O)O)c(N3CCOCC3)nc2c1. The molecule has 5 heteroatoms. The van der Waals surface area contributed by atoms with Gasteiger partial charge >= 0.3 is 5.97 Å². The molecule has 1 N–H and O–H groups in total. The highest BCUT2D eigenvalue weighted by Gasteiger charge is 2.20. The Balaban J connectivity index is 2.16. The van der Waals surface area contributed by atoms with Gasteiger partial charge in [-0.3, -0.25) is 0 Å². The largest absolute Gasteiger partial charge is 0.478 e. The van der Waals surface area contributed by atoms with E-state index in [9.17, 15) is 9.90 Å². The summed E-state index contributed by atoms with van der Waals surface area (Å²) in [7, 11) is 0. The first-order chi connectivity index (χ1) is 9.65. The van der Waals surface area contributed by atoms with Crippen molar-refractivity contribution >= 4 is 22.7 Å². The van der Waals surface area contributed by atoms with Gasteiger partial charge in [0.05, 0.1) is 18.7 Å². The summed E-state index contributed by atoms with van der Waals surface area (Å²) >= 11 is 0. The van der Waals surface area contributed by atoms with E-state index in [1.54, 1.807) is 6.07 Å². The van der Waals surface area contributed by atoms with Crippen molar-refractivity contribution in [1.29, 1.82) is 0 Å². The molecule has 0 saturated carbocycles. The third-order valence-electron chi connectivity index (χ3n) is 3.49. The number of carboxylic acids is 1. The smallest absolute Gasteiger partial charge is 0.339 e. The first kappa shape index (κ1) is 12.9. The van der Waals surface area contributed by atoms with Crippen molar-refractivity contribution in [1.82, 2.24) is 4.98 Å². The van der Waals surface area contributed by atoms with Crippen LogP contribution >= 0.6 is 0 Å². The van der Waals surface area contributed by atoms with Crippen LogP contribution in [0.15, 0.2) is 24.3 Å². The minimum absolute atomic E-state index is 0.253. The van der Waals surface area contributed by atoms with Crippen LogP contribution in [0.5, 0.6) is 0 Å². The Morgan fingerprint density at radius 3 is 2.75 bits per heavy atom. The molecule has 20 heavy (non-hydrogen) atoms. The van der Waals surface area contributed by atoms with Crippen molar-refractivity contribution in [2.75, 3.05) is 31.2 Å². The Morgan fingerprint density at radius 1 is 1.30 bits per heavy atom. The Labute approximate surface area is 116 Å². The molecule has 0 atom stereocenters. The number of fused-ring (bicyclic) bond motifs is 1. The number of aromatic nitrogens is 1. The van der Waals surface area contributed by atoms with Crippen molar-refractivity contribution in [2.24, 2.45) is 0 Å². The molecule has 1 aromatic heterocycles. The fourth-order valence-corrected chi connectivity index (χ4v) is 2.44. The Hall–Kier alpha value is -2.14. The monoisotopic (exact) mass is 272 g/mol. The molecule has 1 aliphatic rings. The van der Waals surface area contributed by atoms with E-state index in [0.29, 0.717) is 32.1 Å². The molecule has 0 bridgehead atoms. The molecule has 2 aromatic rings. The van der Waals surface area contributed by atoms with Gasteiger partial charge in [0.1, 0.15) is 11.4 Å².